The Kier molecular flexibility index (Phi) is 4.75. The Morgan fingerprint density at radius 3 is 2.67 bits per heavy atom. The Hall–Kier alpha value is -1.99. The summed E-state index contributed by atoms with van der Waals surface area (Å²) in [6.45, 7) is 1.08. The quantitative estimate of drug-likeness (QED) is 0.552. The molecule has 4 N–H and O–H groups in total. The summed E-state index contributed by atoms with van der Waals surface area (Å²) >= 11 is 0. The number of nitrogens with zero attached hydrogens (tertiary/aromatic N) is 1. The normalized spacial score (nSPS) is 13.7. The average Bonchev–Trinajstić information content (AvgIpc) is 2.34. The van der Waals surface area contributed by atoms with Gasteiger partial charge in [0, 0.05) is 19.7 Å². The van der Waals surface area contributed by atoms with E-state index in [0.29, 0.717) is 0 Å². The van der Waals surface area contributed by atoms with E-state index in [0.717, 1.165) is 0 Å². The topological polar surface area (TPSA) is 120 Å². The van der Waals surface area contributed by atoms with Crippen LogP contribution in [0.1, 0.15) is 29.1 Å². The molecule has 1 rings (SSSR count). The zero-order valence-electron chi connectivity index (χ0n) is 9.70. The Morgan fingerprint density at radius 1 is 1.44 bits per heavy atom. The zero-order valence-corrected chi connectivity index (χ0v) is 9.70. The van der Waals surface area contributed by atoms with Crippen molar-refractivity contribution in [2.45, 2.75) is 19.1 Å². The number of pyridine rings is 1. The Balaban J connectivity index is 2.86. The number of amides is 1. The van der Waals surface area contributed by atoms with Gasteiger partial charge in [-0.2, -0.15) is 0 Å². The van der Waals surface area contributed by atoms with Crippen LogP contribution < -0.4 is 5.32 Å². The molecule has 0 bridgehead atoms. The van der Waals surface area contributed by atoms with Crippen molar-refractivity contribution in [1.29, 1.82) is 0 Å². The summed E-state index contributed by atoms with van der Waals surface area (Å²) in [6, 6.07) is 2.69. The number of carbonyl (C=O) groups excluding carboxylic acids is 1. The number of aromatic nitrogens is 1. The molecule has 0 aliphatic carbocycles. The van der Waals surface area contributed by atoms with Crippen LogP contribution in [-0.2, 0) is 4.79 Å². The van der Waals surface area contributed by atoms with Crippen molar-refractivity contribution in [3.63, 3.8) is 0 Å². The van der Waals surface area contributed by atoms with Crippen LogP contribution in [0, 0.1) is 0 Å². The highest BCUT2D eigenvalue weighted by Crippen LogP contribution is 2.18. The molecule has 18 heavy (non-hydrogen) atoms. The first-order valence-corrected chi connectivity index (χ1v) is 5.22. The molecule has 1 amide bonds. The second kappa shape index (κ2) is 6.08. The highest BCUT2D eigenvalue weighted by Gasteiger charge is 2.24. The minimum atomic E-state index is -1.48. The first-order chi connectivity index (χ1) is 8.43. The highest BCUT2D eigenvalue weighted by molar-refractivity contribution is 5.88. The molecular formula is C11H14N2O5. The summed E-state index contributed by atoms with van der Waals surface area (Å²) in [5.74, 6) is -1.61. The van der Waals surface area contributed by atoms with Crippen molar-refractivity contribution in [3.8, 4) is 0 Å². The number of carboxylic acids is 1. The van der Waals surface area contributed by atoms with Crippen LogP contribution in [0.3, 0.4) is 0 Å². The highest BCUT2D eigenvalue weighted by atomic mass is 16.4. The molecule has 98 valence electrons. The molecule has 0 spiro atoms. The van der Waals surface area contributed by atoms with Crippen LogP contribution in [0.15, 0.2) is 18.3 Å². The molecule has 1 aromatic heterocycles. The third-order valence-corrected chi connectivity index (χ3v) is 2.27. The van der Waals surface area contributed by atoms with Crippen molar-refractivity contribution in [3.05, 3.63) is 29.6 Å². The fourth-order valence-corrected chi connectivity index (χ4v) is 1.38. The Morgan fingerprint density at radius 2 is 2.11 bits per heavy atom. The lowest BCUT2D eigenvalue weighted by Gasteiger charge is -2.18. The van der Waals surface area contributed by atoms with Crippen molar-refractivity contribution < 1.29 is 24.9 Å². The van der Waals surface area contributed by atoms with E-state index in [4.69, 9.17) is 5.11 Å². The minimum Gasteiger partial charge on any atom is -0.478 e. The van der Waals surface area contributed by atoms with Crippen LogP contribution in [0.4, 0.5) is 0 Å². The maximum atomic E-state index is 10.9. The van der Waals surface area contributed by atoms with E-state index in [1.54, 1.807) is 0 Å². The Labute approximate surface area is 103 Å². The molecule has 0 aromatic carbocycles. The predicted octanol–water partition coefficient (Wildman–Crippen LogP) is -0.690. The number of aliphatic hydroxyl groups excluding tert-OH is 2. The van der Waals surface area contributed by atoms with E-state index in [1.165, 1.54) is 25.3 Å². The summed E-state index contributed by atoms with van der Waals surface area (Å²) in [4.78, 5) is 25.3. The molecule has 1 aromatic rings. The van der Waals surface area contributed by atoms with Gasteiger partial charge in [0.2, 0.25) is 5.91 Å². The lowest BCUT2D eigenvalue weighted by atomic mass is 10.0. The summed E-state index contributed by atoms with van der Waals surface area (Å²) < 4.78 is 0. The molecular weight excluding hydrogens is 240 g/mol. The SMILES string of the molecule is CC(=O)NCC(O)C(O)c1ncccc1C(=O)O. The number of carbonyl (C=O) groups is 2. The fraction of sp³-hybridized carbons (Fsp3) is 0.364. The standard InChI is InChI=1S/C11H14N2O5/c1-6(14)13-5-8(15)10(16)9-7(11(17)18)3-2-4-12-9/h2-4,8,10,15-16H,5H2,1H3,(H,13,14)(H,17,18). The largest absolute Gasteiger partial charge is 0.478 e. The monoisotopic (exact) mass is 254 g/mol. The number of nitrogens with one attached hydrogen (secondary N) is 1. The van der Waals surface area contributed by atoms with Gasteiger partial charge in [0.15, 0.2) is 0 Å². The van der Waals surface area contributed by atoms with E-state index in [2.05, 4.69) is 10.3 Å². The van der Waals surface area contributed by atoms with Crippen molar-refractivity contribution in [1.82, 2.24) is 10.3 Å². The maximum Gasteiger partial charge on any atom is 0.337 e. The summed E-state index contributed by atoms with van der Waals surface area (Å²) in [7, 11) is 0. The number of carboxylic acid groups (broad SMARTS) is 1. The van der Waals surface area contributed by atoms with E-state index < -0.39 is 18.2 Å². The summed E-state index contributed by atoms with van der Waals surface area (Å²) in [5.41, 5.74) is -0.324. The summed E-state index contributed by atoms with van der Waals surface area (Å²) in [6.07, 6.45) is -1.50. The fourth-order valence-electron chi connectivity index (χ4n) is 1.38. The molecule has 0 aliphatic rings. The van der Waals surface area contributed by atoms with Gasteiger partial charge < -0.3 is 20.6 Å². The molecule has 2 atom stereocenters. The zero-order chi connectivity index (χ0) is 13.7. The lowest BCUT2D eigenvalue weighted by molar-refractivity contribution is -0.119. The lowest BCUT2D eigenvalue weighted by Crippen LogP contribution is -2.35. The van der Waals surface area contributed by atoms with Crippen LogP contribution in [0.25, 0.3) is 0 Å². The van der Waals surface area contributed by atoms with Crippen LogP contribution in [-0.4, -0.2) is 44.8 Å². The van der Waals surface area contributed by atoms with Crippen molar-refractivity contribution in [2.75, 3.05) is 6.54 Å². The molecule has 0 radical (unpaired) electrons. The van der Waals surface area contributed by atoms with Crippen LogP contribution in [0.2, 0.25) is 0 Å². The van der Waals surface area contributed by atoms with E-state index >= 15 is 0 Å². The van der Waals surface area contributed by atoms with Gasteiger partial charge in [-0.05, 0) is 12.1 Å². The molecule has 7 heteroatoms. The molecule has 1 heterocycles. The number of aliphatic hydroxyl groups is 2. The smallest absolute Gasteiger partial charge is 0.337 e. The third-order valence-electron chi connectivity index (χ3n) is 2.27. The van der Waals surface area contributed by atoms with Crippen molar-refractivity contribution >= 4 is 11.9 Å². The van der Waals surface area contributed by atoms with Gasteiger partial charge in [-0.1, -0.05) is 0 Å². The van der Waals surface area contributed by atoms with Gasteiger partial charge in [-0.15, -0.1) is 0 Å². The number of aromatic carboxylic acids is 1. The van der Waals surface area contributed by atoms with E-state index in [1.807, 2.05) is 0 Å². The second-order valence-electron chi connectivity index (χ2n) is 3.69. The molecule has 0 saturated heterocycles. The number of hydrogen-bond acceptors (Lipinski definition) is 5. The molecule has 0 saturated carbocycles. The molecule has 7 nitrogen and oxygen atoms in total. The third kappa shape index (κ3) is 3.51. The second-order valence-corrected chi connectivity index (χ2v) is 3.69. The van der Waals surface area contributed by atoms with E-state index in [9.17, 15) is 19.8 Å². The first-order valence-electron chi connectivity index (χ1n) is 5.22. The van der Waals surface area contributed by atoms with Gasteiger partial charge in [0.1, 0.15) is 12.2 Å². The van der Waals surface area contributed by atoms with Gasteiger partial charge >= 0.3 is 5.97 Å². The predicted molar refractivity (Wildman–Crippen MR) is 60.8 cm³/mol. The number of rotatable bonds is 5. The first kappa shape index (κ1) is 14.1. The summed E-state index contributed by atoms with van der Waals surface area (Å²) in [5, 5.41) is 30.7. The average molecular weight is 254 g/mol. The maximum absolute atomic E-state index is 10.9. The van der Waals surface area contributed by atoms with Crippen LogP contribution in [0.5, 0.6) is 0 Å². The molecule has 0 aliphatic heterocycles. The van der Waals surface area contributed by atoms with Gasteiger partial charge in [0.25, 0.3) is 0 Å². The molecule has 0 fully saturated rings. The van der Waals surface area contributed by atoms with Gasteiger partial charge in [0.05, 0.1) is 11.3 Å². The number of hydrogen-bond donors (Lipinski definition) is 4. The van der Waals surface area contributed by atoms with E-state index in [-0.39, 0.29) is 23.7 Å². The minimum absolute atomic E-state index is 0.136. The van der Waals surface area contributed by atoms with Gasteiger partial charge in [-0.3, -0.25) is 9.78 Å². The van der Waals surface area contributed by atoms with Gasteiger partial charge in [-0.25, -0.2) is 4.79 Å². The molecule has 2 unspecified atom stereocenters. The van der Waals surface area contributed by atoms with Crippen LogP contribution >= 0.6 is 0 Å². The van der Waals surface area contributed by atoms with Crippen molar-refractivity contribution in [2.24, 2.45) is 0 Å². The Bertz CT molecular complexity index is 449.